The minimum atomic E-state index is -1.37. The van der Waals surface area contributed by atoms with Crippen molar-refractivity contribution >= 4 is 11.1 Å². The van der Waals surface area contributed by atoms with Gasteiger partial charge >= 0.3 is 0 Å². The molecule has 0 aliphatic heterocycles. The monoisotopic (exact) mass is 1180 g/mol. The summed E-state index contributed by atoms with van der Waals surface area (Å²) >= 11 is -1.37. The fourth-order valence-electron chi connectivity index (χ4n) is 27.1. The molecular weight excluding hydrogens is 1040 g/mol. The summed E-state index contributed by atoms with van der Waals surface area (Å²) in [5.74, 6) is 7.17. The molecule has 9 heteroatoms. The van der Waals surface area contributed by atoms with Gasteiger partial charge in [0.05, 0.1) is 33.4 Å². The lowest BCUT2D eigenvalue weighted by Crippen LogP contribution is -3.11. The van der Waals surface area contributed by atoms with Crippen LogP contribution in [0.25, 0.3) is 0 Å². The standard InChI is InChI=1S/C71H121N2O5S.C2H6.CH4O/c1-17-29-68-34-28-59(63(10,11)55(68)25-31-65(13)57(68)22-20-52-60-50(47(3)4)23-32-66(60,44-74)36-38-69(52,65)18-2)78-79(76)46-73(15,16)41-40-72(14)42-49(7)77-58-27-30-64(12)54(62(58,8)9)26-35-71-43-70(71)39-37-67(45-75)33-24-51(48(5)6)61(67)53(70)19-21-56(64)71;2*1-2/h49-61,74-75H,3,5,17-46H2,1-2,4,6-16H3;1-2H3;2H,1H3/q+1;;/p+1/t49?,50-,51-,52?,53?,54?,55?,56?,57?,58-,59-,60?,61?,64-,65+,66-,67?,68-,69?,70?,71-,79?;;/m0../s1. The van der Waals surface area contributed by atoms with Crippen molar-refractivity contribution in [1.29, 1.82) is 0 Å². The van der Waals surface area contributed by atoms with Crippen molar-refractivity contribution in [3.63, 3.8) is 0 Å². The summed E-state index contributed by atoms with van der Waals surface area (Å²) in [5, 5.41) is 29.1. The number of aliphatic hydroxyl groups excluding tert-OH is 3. The number of nitrogens with zero attached hydrogens (tertiary/aromatic N) is 1. The molecule has 2 spiro atoms. The molecule has 0 aromatic rings. The second kappa shape index (κ2) is 23.9. The number of likely N-dealkylation sites (N-methyl/N-ethyl adjacent to an activating group) is 2. The third kappa shape index (κ3) is 10.1. The first-order valence-corrected chi connectivity index (χ1v) is 36.7. The van der Waals surface area contributed by atoms with Gasteiger partial charge in [0, 0.05) is 20.3 Å². The van der Waals surface area contributed by atoms with Gasteiger partial charge in [-0.1, -0.05) is 100.0 Å². The highest BCUT2D eigenvalue weighted by molar-refractivity contribution is 7.79. The molecule has 478 valence electrons. The van der Waals surface area contributed by atoms with Crippen molar-refractivity contribution in [1.82, 2.24) is 0 Å². The van der Waals surface area contributed by atoms with Gasteiger partial charge in [-0.3, -0.25) is 4.18 Å². The molecule has 83 heavy (non-hydrogen) atoms. The molecule has 0 amide bonds. The number of rotatable bonds is 18. The first kappa shape index (κ1) is 66.8. The van der Waals surface area contributed by atoms with E-state index < -0.39 is 11.1 Å². The fourth-order valence-corrected chi connectivity index (χ4v) is 28.5. The van der Waals surface area contributed by atoms with Crippen molar-refractivity contribution in [2.75, 3.05) is 67.0 Å². The van der Waals surface area contributed by atoms with Crippen LogP contribution in [0.1, 0.15) is 244 Å². The van der Waals surface area contributed by atoms with Crippen LogP contribution >= 0.6 is 0 Å². The molecule has 0 aromatic carbocycles. The van der Waals surface area contributed by atoms with Crippen molar-refractivity contribution in [2.24, 2.45) is 113 Å². The van der Waals surface area contributed by atoms with E-state index in [1.165, 1.54) is 164 Å². The van der Waals surface area contributed by atoms with E-state index in [1.54, 1.807) is 0 Å². The lowest BCUT2D eigenvalue weighted by atomic mass is 9.31. The van der Waals surface area contributed by atoms with Crippen molar-refractivity contribution in [2.45, 2.75) is 262 Å². The van der Waals surface area contributed by atoms with Crippen LogP contribution in [-0.4, -0.2) is 109 Å². The van der Waals surface area contributed by atoms with Crippen LogP contribution in [0.15, 0.2) is 24.3 Å². The Balaban J connectivity index is 0.00000203. The van der Waals surface area contributed by atoms with Crippen molar-refractivity contribution in [3.8, 4) is 0 Å². The van der Waals surface area contributed by atoms with Crippen LogP contribution in [0, 0.1) is 113 Å². The maximum atomic E-state index is 14.4. The Kier molecular flexibility index (Phi) is 19.2. The van der Waals surface area contributed by atoms with Crippen LogP contribution in [0.2, 0.25) is 0 Å². The lowest BCUT2D eigenvalue weighted by Gasteiger charge is -2.74. The van der Waals surface area contributed by atoms with Gasteiger partial charge in [-0.15, -0.1) is 0 Å². The summed E-state index contributed by atoms with van der Waals surface area (Å²) < 4.78 is 29.3. The topological polar surface area (TPSA) is 101 Å². The lowest BCUT2D eigenvalue weighted by molar-refractivity contribution is -0.938. The summed E-state index contributed by atoms with van der Waals surface area (Å²) in [7, 11) is 7.88. The van der Waals surface area contributed by atoms with Crippen LogP contribution in [0.4, 0.5) is 0 Å². The van der Waals surface area contributed by atoms with Crippen molar-refractivity contribution < 1.29 is 37.8 Å². The van der Waals surface area contributed by atoms with Gasteiger partial charge in [0.1, 0.15) is 25.7 Å². The van der Waals surface area contributed by atoms with E-state index in [9.17, 15) is 14.4 Å². The number of hydrogen-bond donors (Lipinski definition) is 4. The molecule has 23 atom stereocenters. The van der Waals surface area contributed by atoms with E-state index in [0.29, 0.717) is 98.0 Å². The smallest absolute Gasteiger partial charge is 0.213 e. The number of quaternary nitrogens is 2. The van der Waals surface area contributed by atoms with E-state index in [-0.39, 0.29) is 45.4 Å². The van der Waals surface area contributed by atoms with Gasteiger partial charge in [0.2, 0.25) is 11.1 Å². The third-order valence-electron chi connectivity index (χ3n) is 30.4. The number of aliphatic hydroxyl groups is 3. The summed E-state index contributed by atoms with van der Waals surface area (Å²) in [4.78, 5) is 1.50. The molecule has 0 heterocycles. The van der Waals surface area contributed by atoms with Gasteiger partial charge in [-0.05, 0) is 282 Å². The van der Waals surface area contributed by atoms with E-state index in [2.05, 4.69) is 110 Å². The van der Waals surface area contributed by atoms with E-state index in [1.807, 2.05) is 13.8 Å². The molecule has 11 aliphatic rings. The molecule has 11 saturated carbocycles. The molecular formula is C74H132N2O6S+2. The SMILES string of the molecule is C=C(C)[C@@H]1CCC2(CO)CCC34C[C@]35CCC3C(C)(C)[C@@H](OC(C)C[NH+](C)CC[N+](C)(C)CS(=O)O[C@H]6CC[C@@]7(CCC)C(CC[C@]8(C)C7CCC7C9[C@H](C(=C)C)CC[C@@]9(CO)CCC78CC)C6(C)C)CC[C@]3(C)C5CCC4C12.CC.CO. The van der Waals surface area contributed by atoms with Gasteiger partial charge in [0.25, 0.3) is 0 Å². The highest BCUT2D eigenvalue weighted by Gasteiger charge is 2.82. The van der Waals surface area contributed by atoms with Gasteiger partial charge in [0.15, 0.2) is 5.88 Å². The largest absolute Gasteiger partial charge is 0.400 e. The Labute approximate surface area is 513 Å². The summed E-state index contributed by atoms with van der Waals surface area (Å²) in [6.45, 7) is 44.5. The maximum Gasteiger partial charge on any atom is 0.213 e. The quantitative estimate of drug-likeness (QED) is 0.0806. The van der Waals surface area contributed by atoms with Crippen molar-refractivity contribution in [3.05, 3.63) is 24.3 Å². The molecule has 0 saturated heterocycles. The van der Waals surface area contributed by atoms with Gasteiger partial charge in [-0.2, -0.15) is 0 Å². The van der Waals surface area contributed by atoms with Crippen LogP contribution in [-0.2, 0) is 20.0 Å². The third-order valence-corrected chi connectivity index (χ3v) is 31.8. The number of nitrogens with one attached hydrogen (secondary N) is 1. The highest BCUT2D eigenvalue weighted by atomic mass is 32.2. The predicted molar refractivity (Wildman–Crippen MR) is 345 cm³/mol. The highest BCUT2D eigenvalue weighted by Crippen LogP contribution is 2.89. The maximum absolute atomic E-state index is 14.4. The Morgan fingerprint density at radius 2 is 1.23 bits per heavy atom. The molecule has 0 radical (unpaired) electrons. The summed E-state index contributed by atoms with van der Waals surface area (Å²) in [6, 6.07) is 0. The molecule has 4 N–H and O–H groups in total. The number of fused-ring (bicyclic) bond motifs is 11. The number of ether oxygens (including phenoxy) is 1. The summed E-state index contributed by atoms with van der Waals surface area (Å²) in [6.07, 6.45) is 31.1. The molecule has 0 bridgehead atoms. The second-order valence-electron chi connectivity index (χ2n) is 34.4. The molecule has 11 fully saturated rings. The van der Waals surface area contributed by atoms with E-state index in [0.717, 1.165) is 45.0 Å². The second-order valence-corrected chi connectivity index (χ2v) is 35.4. The zero-order valence-corrected chi connectivity index (χ0v) is 57.9. The minimum absolute atomic E-state index is 0.00825. The number of allylic oxidation sites excluding steroid dienone is 2. The minimum Gasteiger partial charge on any atom is -0.400 e. The average Bonchev–Trinajstić information content (AvgIpc) is 2.02. The van der Waals surface area contributed by atoms with Gasteiger partial charge < -0.3 is 29.4 Å². The van der Waals surface area contributed by atoms with Crippen LogP contribution < -0.4 is 4.90 Å². The zero-order chi connectivity index (χ0) is 60.9. The van der Waals surface area contributed by atoms with E-state index in [4.69, 9.17) is 14.0 Å². The zero-order valence-electron chi connectivity index (χ0n) is 57.1. The fraction of sp³-hybridized carbons (Fsp3) is 0.946. The predicted octanol–water partition coefficient (Wildman–Crippen LogP) is 14.8. The van der Waals surface area contributed by atoms with Gasteiger partial charge in [-0.25, -0.2) is 4.21 Å². The molecule has 0 aromatic heterocycles. The van der Waals surface area contributed by atoms with E-state index >= 15 is 0 Å². The first-order valence-electron chi connectivity index (χ1n) is 35.4. The average molecular weight is 1180 g/mol. The van der Waals surface area contributed by atoms with Crippen LogP contribution in [0.5, 0.6) is 0 Å². The Bertz CT molecular complexity index is 2340. The summed E-state index contributed by atoms with van der Waals surface area (Å²) in [5.41, 5.74) is 5.40. The van der Waals surface area contributed by atoms with Crippen LogP contribution in [0.3, 0.4) is 0 Å². The Morgan fingerprint density at radius 3 is 1.83 bits per heavy atom. The molecule has 14 unspecified atom stereocenters. The Hall–Kier alpha value is -0.650. The molecule has 11 rings (SSSR count). The molecule has 8 nitrogen and oxygen atoms in total. The number of hydrogen-bond acceptors (Lipinski definition) is 6. The Morgan fingerprint density at radius 1 is 0.663 bits per heavy atom. The first-order chi connectivity index (χ1) is 39.1. The molecule has 11 aliphatic carbocycles. The normalized spacial score (nSPS) is 47.9.